The van der Waals surface area contributed by atoms with E-state index in [9.17, 15) is 9.46 Å². The van der Waals surface area contributed by atoms with Crippen LogP contribution in [0.2, 0.25) is 0 Å². The number of allylic oxidation sites excluding steroid dienone is 3. The molecule has 0 aromatic rings. The molecule has 0 aliphatic carbocycles. The highest BCUT2D eigenvalue weighted by atomic mass is 31.2. The summed E-state index contributed by atoms with van der Waals surface area (Å²) in [6, 6.07) is 0. The van der Waals surface area contributed by atoms with Crippen LogP contribution in [-0.4, -0.2) is 64.7 Å². The van der Waals surface area contributed by atoms with E-state index in [1.807, 2.05) is 28.1 Å². The molecule has 0 aromatic carbocycles. The minimum Gasteiger partial charge on any atom is -0.756 e. The molecule has 220 valence electrons. The first kappa shape index (κ1) is 36.3. The van der Waals surface area contributed by atoms with Gasteiger partial charge in [-0.3, -0.25) is 4.57 Å². The van der Waals surface area contributed by atoms with Crippen LogP contribution in [0.25, 0.3) is 0 Å². The zero-order valence-electron chi connectivity index (χ0n) is 24.7. The second-order valence-electron chi connectivity index (χ2n) is 10.8. The third-order valence-electron chi connectivity index (χ3n) is 5.95. The Hall–Kier alpha value is -0.690. The number of rotatable bonds is 27. The molecule has 0 N–H and O–H groups in total. The summed E-state index contributed by atoms with van der Waals surface area (Å²) in [5.74, 6) is 0. The van der Waals surface area contributed by atoms with Gasteiger partial charge in [0.05, 0.1) is 34.0 Å². The SMILES string of the molecule is C/C=C\OC[C@@H](COP(=O)([O-])OCC[N+](C)(C)C)OCCCCCC/C=C\CCCCCCCCCC. The van der Waals surface area contributed by atoms with E-state index in [0.717, 1.165) is 25.7 Å². The third kappa shape index (κ3) is 28.1. The van der Waals surface area contributed by atoms with Crippen LogP contribution >= 0.6 is 7.82 Å². The van der Waals surface area contributed by atoms with Crippen molar-refractivity contribution in [2.24, 2.45) is 0 Å². The minimum absolute atomic E-state index is 0.0826. The Morgan fingerprint density at radius 2 is 1.35 bits per heavy atom. The number of nitrogens with zero attached hydrogens (tertiary/aromatic N) is 1. The van der Waals surface area contributed by atoms with Crippen molar-refractivity contribution in [2.45, 2.75) is 110 Å². The van der Waals surface area contributed by atoms with Gasteiger partial charge in [0.15, 0.2) is 0 Å². The molecule has 2 atom stereocenters. The number of hydrogen-bond donors (Lipinski definition) is 0. The molecule has 0 fully saturated rings. The predicted octanol–water partition coefficient (Wildman–Crippen LogP) is 7.17. The summed E-state index contributed by atoms with van der Waals surface area (Å²) in [7, 11) is 1.54. The second-order valence-corrected chi connectivity index (χ2v) is 12.2. The quantitative estimate of drug-likeness (QED) is 0.0357. The Kier molecular flexibility index (Phi) is 23.9. The predicted molar refractivity (Wildman–Crippen MR) is 152 cm³/mol. The lowest BCUT2D eigenvalue weighted by Gasteiger charge is -2.28. The highest BCUT2D eigenvalue weighted by molar-refractivity contribution is 7.45. The smallest absolute Gasteiger partial charge is 0.268 e. The maximum atomic E-state index is 12.0. The molecule has 0 radical (unpaired) electrons. The molecular weight excluding hydrogens is 489 g/mol. The Morgan fingerprint density at radius 1 is 0.784 bits per heavy atom. The van der Waals surface area contributed by atoms with E-state index < -0.39 is 13.9 Å². The molecule has 8 heteroatoms. The zero-order chi connectivity index (χ0) is 27.7. The van der Waals surface area contributed by atoms with E-state index in [0.29, 0.717) is 17.6 Å². The van der Waals surface area contributed by atoms with Crippen LogP contribution < -0.4 is 4.89 Å². The van der Waals surface area contributed by atoms with Gasteiger partial charge in [0, 0.05) is 6.61 Å². The average molecular weight is 548 g/mol. The monoisotopic (exact) mass is 547 g/mol. The van der Waals surface area contributed by atoms with Gasteiger partial charge in [0.2, 0.25) is 0 Å². The van der Waals surface area contributed by atoms with Crippen molar-refractivity contribution >= 4 is 7.82 Å². The van der Waals surface area contributed by atoms with Crippen LogP contribution in [0.4, 0.5) is 0 Å². The molecule has 37 heavy (non-hydrogen) atoms. The number of unbranched alkanes of at least 4 members (excludes halogenated alkanes) is 12. The highest BCUT2D eigenvalue weighted by Gasteiger charge is 2.17. The molecule has 0 amide bonds. The number of likely N-dealkylation sites (N-methyl/N-ethyl adjacent to an activating group) is 1. The van der Waals surface area contributed by atoms with Gasteiger partial charge >= 0.3 is 0 Å². The van der Waals surface area contributed by atoms with Crippen LogP contribution in [0.5, 0.6) is 0 Å². The molecule has 7 nitrogen and oxygen atoms in total. The number of phosphoric ester groups is 1. The van der Waals surface area contributed by atoms with Crippen LogP contribution in [0, 0.1) is 0 Å². The average Bonchev–Trinajstić information content (AvgIpc) is 2.83. The normalized spacial score (nSPS) is 15.0. The summed E-state index contributed by atoms with van der Waals surface area (Å²) in [6.45, 7) is 5.42. The molecule has 0 aliphatic rings. The van der Waals surface area contributed by atoms with Crippen molar-refractivity contribution in [3.8, 4) is 0 Å². The summed E-state index contributed by atoms with van der Waals surface area (Å²) in [5.41, 5.74) is 0. The van der Waals surface area contributed by atoms with E-state index in [1.165, 1.54) is 64.2 Å². The van der Waals surface area contributed by atoms with Crippen molar-refractivity contribution < 1.29 is 32.5 Å². The molecule has 0 bridgehead atoms. The van der Waals surface area contributed by atoms with Crippen LogP contribution in [0.1, 0.15) is 104 Å². The molecule has 0 spiro atoms. The van der Waals surface area contributed by atoms with Gasteiger partial charge in [0.1, 0.15) is 25.9 Å². The van der Waals surface area contributed by atoms with Crippen molar-refractivity contribution in [3.05, 3.63) is 24.5 Å². The summed E-state index contributed by atoms with van der Waals surface area (Å²) >= 11 is 0. The first-order valence-electron chi connectivity index (χ1n) is 14.6. The molecule has 0 heterocycles. The molecule has 0 aliphatic heterocycles. The van der Waals surface area contributed by atoms with Crippen molar-refractivity contribution in [1.29, 1.82) is 0 Å². The lowest BCUT2D eigenvalue weighted by atomic mass is 10.1. The maximum absolute atomic E-state index is 12.0. The lowest BCUT2D eigenvalue weighted by Crippen LogP contribution is -2.37. The maximum Gasteiger partial charge on any atom is 0.268 e. The van der Waals surface area contributed by atoms with Gasteiger partial charge in [-0.15, -0.1) is 0 Å². The van der Waals surface area contributed by atoms with E-state index in [1.54, 1.807) is 12.3 Å². The van der Waals surface area contributed by atoms with E-state index >= 15 is 0 Å². The fraction of sp³-hybridized carbons (Fsp3) is 0.862. The topological polar surface area (TPSA) is 77.1 Å². The largest absolute Gasteiger partial charge is 0.756 e. The van der Waals surface area contributed by atoms with Gasteiger partial charge in [-0.05, 0) is 39.0 Å². The van der Waals surface area contributed by atoms with Gasteiger partial charge in [0.25, 0.3) is 7.82 Å². The first-order chi connectivity index (χ1) is 17.7. The van der Waals surface area contributed by atoms with Crippen molar-refractivity contribution in [1.82, 2.24) is 0 Å². The van der Waals surface area contributed by atoms with Crippen LogP contribution in [0.3, 0.4) is 0 Å². The number of phosphoric acid groups is 1. The van der Waals surface area contributed by atoms with E-state index in [-0.39, 0.29) is 19.8 Å². The fourth-order valence-corrected chi connectivity index (χ4v) is 4.37. The van der Waals surface area contributed by atoms with Crippen LogP contribution in [-0.2, 0) is 23.1 Å². The van der Waals surface area contributed by atoms with E-state index in [2.05, 4.69) is 19.1 Å². The fourth-order valence-electron chi connectivity index (χ4n) is 3.64. The standard InChI is InChI=1S/C29H58NO6P/c1-6-8-9-10-11-12-13-14-15-16-17-18-19-20-21-22-25-34-29(27-33-24-7-2)28-36-37(31,32)35-26-23-30(3,4)5/h7,16-17,24,29H,6,8-15,18-23,25-28H2,1-5H3/b17-16-,24-7-/t29-/m0/s1. The van der Waals surface area contributed by atoms with E-state index in [4.69, 9.17) is 18.5 Å². The first-order valence-corrected chi connectivity index (χ1v) is 16.1. The summed E-state index contributed by atoms with van der Waals surface area (Å²) in [6.07, 6.45) is 25.2. The Balaban J connectivity index is 3.89. The van der Waals surface area contributed by atoms with Crippen molar-refractivity contribution in [3.63, 3.8) is 0 Å². The summed E-state index contributed by atoms with van der Waals surface area (Å²) < 4.78 is 33.9. The third-order valence-corrected chi connectivity index (χ3v) is 6.92. The lowest BCUT2D eigenvalue weighted by molar-refractivity contribution is -0.870. The molecule has 0 rings (SSSR count). The van der Waals surface area contributed by atoms with Crippen LogP contribution in [0.15, 0.2) is 24.5 Å². The zero-order valence-corrected chi connectivity index (χ0v) is 25.6. The van der Waals surface area contributed by atoms with Gasteiger partial charge in [-0.1, -0.05) is 82.9 Å². The highest BCUT2D eigenvalue weighted by Crippen LogP contribution is 2.38. The Labute approximate surface area is 228 Å². The second kappa shape index (κ2) is 24.4. The van der Waals surface area contributed by atoms with Gasteiger partial charge in [-0.2, -0.15) is 0 Å². The minimum atomic E-state index is -4.37. The van der Waals surface area contributed by atoms with Crippen molar-refractivity contribution in [2.75, 3.05) is 54.1 Å². The molecule has 1 unspecified atom stereocenters. The molecule has 0 aromatic heterocycles. The summed E-state index contributed by atoms with van der Waals surface area (Å²) in [5, 5.41) is 0. The molecule has 0 saturated heterocycles. The molecular formula is C29H58NO6P. The Bertz CT molecular complexity index is 606. The summed E-state index contributed by atoms with van der Waals surface area (Å²) in [4.78, 5) is 12.0. The molecule has 0 saturated carbocycles. The van der Waals surface area contributed by atoms with Gasteiger partial charge in [-0.25, -0.2) is 0 Å². The van der Waals surface area contributed by atoms with Gasteiger partial charge < -0.3 is 27.9 Å². The number of quaternary nitrogens is 1. The Morgan fingerprint density at radius 3 is 1.92 bits per heavy atom. The number of ether oxygens (including phenoxy) is 2. The number of hydrogen-bond acceptors (Lipinski definition) is 6.